The fourth-order valence-electron chi connectivity index (χ4n) is 1.92. The van der Waals surface area contributed by atoms with E-state index in [1.54, 1.807) is 17.6 Å². The largest absolute Gasteiger partial charge is 0.478 e. The van der Waals surface area contributed by atoms with E-state index in [0.29, 0.717) is 16.5 Å². The SMILES string of the molecule is [C-]#[N+]c1nc(C)sc1-n1c(C)cc(C(=O)O)c1C. The van der Waals surface area contributed by atoms with E-state index < -0.39 is 5.97 Å². The molecule has 18 heavy (non-hydrogen) atoms. The Hall–Kier alpha value is -2.13. The number of carboxylic acids is 1. The van der Waals surface area contributed by atoms with Gasteiger partial charge in [0.1, 0.15) is 5.00 Å². The van der Waals surface area contributed by atoms with E-state index in [0.717, 1.165) is 10.7 Å². The molecule has 0 saturated heterocycles. The number of aromatic nitrogens is 2. The molecular formula is C12H11N3O2S. The molecule has 0 aliphatic heterocycles. The van der Waals surface area contributed by atoms with Crippen molar-refractivity contribution in [3.05, 3.63) is 39.4 Å². The van der Waals surface area contributed by atoms with Crippen LogP contribution in [-0.4, -0.2) is 20.6 Å². The fraction of sp³-hybridized carbons (Fsp3) is 0.250. The van der Waals surface area contributed by atoms with Crippen LogP contribution in [0.3, 0.4) is 0 Å². The molecular weight excluding hydrogens is 250 g/mol. The Morgan fingerprint density at radius 2 is 2.17 bits per heavy atom. The van der Waals surface area contributed by atoms with Crippen LogP contribution < -0.4 is 0 Å². The maximum Gasteiger partial charge on any atom is 0.337 e. The number of aromatic carboxylic acids is 1. The van der Waals surface area contributed by atoms with Crippen molar-refractivity contribution in [3.63, 3.8) is 0 Å². The average molecular weight is 261 g/mol. The van der Waals surface area contributed by atoms with E-state index in [2.05, 4.69) is 9.83 Å². The topological polar surface area (TPSA) is 59.5 Å². The van der Waals surface area contributed by atoms with Crippen LogP contribution in [0, 0.1) is 27.3 Å². The molecule has 5 nitrogen and oxygen atoms in total. The van der Waals surface area contributed by atoms with Gasteiger partial charge in [0.25, 0.3) is 0 Å². The maximum atomic E-state index is 11.1. The monoisotopic (exact) mass is 261 g/mol. The number of carbonyl (C=O) groups is 1. The predicted molar refractivity (Wildman–Crippen MR) is 68.9 cm³/mol. The molecule has 0 amide bonds. The minimum Gasteiger partial charge on any atom is -0.478 e. The molecule has 2 heterocycles. The molecule has 92 valence electrons. The number of hydrogen-bond acceptors (Lipinski definition) is 3. The van der Waals surface area contributed by atoms with Gasteiger partial charge in [0.15, 0.2) is 5.01 Å². The summed E-state index contributed by atoms with van der Waals surface area (Å²) in [4.78, 5) is 18.6. The summed E-state index contributed by atoms with van der Waals surface area (Å²) in [5.41, 5.74) is 1.67. The smallest absolute Gasteiger partial charge is 0.337 e. The van der Waals surface area contributed by atoms with Crippen LogP contribution in [0.4, 0.5) is 5.82 Å². The van der Waals surface area contributed by atoms with Crippen LogP contribution in [0.15, 0.2) is 6.07 Å². The zero-order valence-electron chi connectivity index (χ0n) is 10.2. The van der Waals surface area contributed by atoms with Crippen molar-refractivity contribution in [2.45, 2.75) is 20.8 Å². The van der Waals surface area contributed by atoms with E-state index in [1.165, 1.54) is 11.3 Å². The summed E-state index contributed by atoms with van der Waals surface area (Å²) < 4.78 is 1.78. The van der Waals surface area contributed by atoms with Crippen molar-refractivity contribution in [2.75, 3.05) is 0 Å². The molecule has 2 aromatic heterocycles. The van der Waals surface area contributed by atoms with Crippen LogP contribution in [-0.2, 0) is 0 Å². The minimum absolute atomic E-state index is 0.259. The lowest BCUT2D eigenvalue weighted by molar-refractivity contribution is 0.0696. The third-order valence-corrected chi connectivity index (χ3v) is 3.61. The maximum absolute atomic E-state index is 11.1. The highest BCUT2D eigenvalue weighted by Crippen LogP contribution is 2.33. The molecule has 0 aliphatic carbocycles. The summed E-state index contributed by atoms with van der Waals surface area (Å²) in [6, 6.07) is 1.61. The summed E-state index contributed by atoms with van der Waals surface area (Å²) in [6.45, 7) is 12.5. The van der Waals surface area contributed by atoms with E-state index >= 15 is 0 Å². The van der Waals surface area contributed by atoms with Crippen molar-refractivity contribution in [1.82, 2.24) is 9.55 Å². The summed E-state index contributed by atoms with van der Waals surface area (Å²) in [5, 5.41) is 10.6. The molecule has 2 aromatic rings. The Labute approximate surface area is 108 Å². The second-order valence-corrected chi connectivity index (χ2v) is 5.08. The average Bonchev–Trinajstić information content (AvgIpc) is 2.79. The lowest BCUT2D eigenvalue weighted by Gasteiger charge is -2.06. The third kappa shape index (κ3) is 1.79. The van der Waals surface area contributed by atoms with Crippen LogP contribution in [0.2, 0.25) is 0 Å². The van der Waals surface area contributed by atoms with E-state index in [1.807, 2.05) is 13.8 Å². The Morgan fingerprint density at radius 3 is 2.67 bits per heavy atom. The summed E-state index contributed by atoms with van der Waals surface area (Å²) in [7, 11) is 0. The van der Waals surface area contributed by atoms with E-state index in [-0.39, 0.29) is 5.56 Å². The highest BCUT2D eigenvalue weighted by Gasteiger charge is 2.20. The third-order valence-electron chi connectivity index (χ3n) is 2.67. The first-order valence-corrected chi connectivity index (χ1v) is 6.05. The molecule has 0 radical (unpaired) electrons. The van der Waals surface area contributed by atoms with Gasteiger partial charge >= 0.3 is 11.8 Å². The van der Waals surface area contributed by atoms with Crippen molar-refractivity contribution in [3.8, 4) is 5.00 Å². The fourth-order valence-corrected chi connectivity index (χ4v) is 2.88. The van der Waals surface area contributed by atoms with Crippen LogP contribution in [0.1, 0.15) is 26.8 Å². The van der Waals surface area contributed by atoms with Gasteiger partial charge in [-0.15, -0.1) is 4.98 Å². The highest BCUT2D eigenvalue weighted by atomic mass is 32.1. The van der Waals surface area contributed by atoms with E-state index in [9.17, 15) is 4.79 Å². The summed E-state index contributed by atoms with van der Waals surface area (Å²) in [6.07, 6.45) is 0. The first-order chi connectivity index (χ1) is 8.45. The summed E-state index contributed by atoms with van der Waals surface area (Å²) >= 11 is 1.39. The zero-order valence-corrected chi connectivity index (χ0v) is 11.0. The Kier molecular flexibility index (Phi) is 2.93. The molecule has 6 heteroatoms. The quantitative estimate of drug-likeness (QED) is 0.845. The van der Waals surface area contributed by atoms with Gasteiger partial charge in [-0.2, -0.15) is 0 Å². The molecule has 0 aliphatic rings. The minimum atomic E-state index is -0.958. The van der Waals surface area contributed by atoms with Crippen molar-refractivity contribution in [2.24, 2.45) is 0 Å². The van der Waals surface area contributed by atoms with Crippen molar-refractivity contribution >= 4 is 23.1 Å². The van der Waals surface area contributed by atoms with Crippen LogP contribution >= 0.6 is 11.3 Å². The normalized spacial score (nSPS) is 10.3. The zero-order chi connectivity index (χ0) is 13.4. The Bertz CT molecular complexity index is 676. The number of aryl methyl sites for hydroxylation is 2. The lowest BCUT2D eigenvalue weighted by Crippen LogP contribution is -2.01. The van der Waals surface area contributed by atoms with Gasteiger partial charge in [-0.05, 0) is 19.9 Å². The van der Waals surface area contributed by atoms with Crippen molar-refractivity contribution < 1.29 is 9.90 Å². The molecule has 0 fully saturated rings. The van der Waals surface area contributed by atoms with Crippen LogP contribution in [0.5, 0.6) is 0 Å². The van der Waals surface area contributed by atoms with Crippen LogP contribution in [0.25, 0.3) is 9.85 Å². The lowest BCUT2D eigenvalue weighted by atomic mass is 10.2. The molecule has 2 rings (SSSR count). The molecule has 0 saturated carbocycles. The molecule has 0 unspecified atom stereocenters. The van der Waals surface area contributed by atoms with Gasteiger partial charge in [-0.25, -0.2) is 4.79 Å². The number of hydrogen-bond donors (Lipinski definition) is 1. The van der Waals surface area contributed by atoms with Gasteiger partial charge in [0, 0.05) is 18.3 Å². The first-order valence-electron chi connectivity index (χ1n) is 5.23. The molecule has 0 bridgehead atoms. The molecule has 0 spiro atoms. The summed E-state index contributed by atoms with van der Waals surface area (Å²) in [5.74, 6) is -0.642. The predicted octanol–water partition coefficient (Wildman–Crippen LogP) is 3.11. The number of thiazole rings is 1. The van der Waals surface area contributed by atoms with Gasteiger partial charge < -0.3 is 14.5 Å². The molecule has 1 N–H and O–H groups in total. The standard InChI is InChI=1S/C12H11N3O2S/c1-6-5-9(12(16)17)7(2)15(6)11-10(13-4)14-8(3)18-11/h5H,1-3H3,(H,16,17). The number of carboxylic acid groups (broad SMARTS) is 1. The second-order valence-electron chi connectivity index (χ2n) is 3.90. The van der Waals surface area contributed by atoms with Gasteiger partial charge in [-0.1, -0.05) is 17.9 Å². The number of rotatable bonds is 2. The van der Waals surface area contributed by atoms with Gasteiger partial charge in [0.05, 0.1) is 5.56 Å². The van der Waals surface area contributed by atoms with E-state index in [4.69, 9.17) is 11.7 Å². The van der Waals surface area contributed by atoms with Crippen molar-refractivity contribution in [1.29, 1.82) is 0 Å². The number of nitrogens with zero attached hydrogens (tertiary/aromatic N) is 3. The first kappa shape index (κ1) is 12.3. The highest BCUT2D eigenvalue weighted by molar-refractivity contribution is 7.14. The Morgan fingerprint density at radius 1 is 1.50 bits per heavy atom. The molecule has 0 atom stereocenters. The molecule has 0 aromatic carbocycles. The van der Waals surface area contributed by atoms with Gasteiger partial charge in [-0.3, -0.25) is 0 Å². The second kappa shape index (κ2) is 4.27. The Balaban J connectivity index is 2.72. The van der Waals surface area contributed by atoms with Gasteiger partial charge in [0.2, 0.25) is 0 Å².